The normalized spacial score (nSPS) is 11.3. The summed E-state index contributed by atoms with van der Waals surface area (Å²) in [7, 11) is 0. The summed E-state index contributed by atoms with van der Waals surface area (Å²) < 4.78 is 0. The highest BCUT2D eigenvalue weighted by Crippen LogP contribution is 2.22. The van der Waals surface area contributed by atoms with Crippen molar-refractivity contribution in [3.8, 4) is 0 Å². The van der Waals surface area contributed by atoms with Crippen LogP contribution >= 0.6 is 0 Å². The van der Waals surface area contributed by atoms with Crippen LogP contribution in [0.1, 0.15) is 22.3 Å². The Morgan fingerprint density at radius 1 is 0.680 bits per heavy atom. The molecule has 0 aromatic heterocycles. The van der Waals surface area contributed by atoms with Crippen molar-refractivity contribution in [3.63, 3.8) is 0 Å². The predicted octanol–water partition coefficient (Wildman–Crippen LogP) is 6.77. The second-order valence-corrected chi connectivity index (χ2v) is 6.19. The molecule has 3 rings (SSSR count). The molecule has 1 nitrogen and oxygen atoms in total. The minimum Gasteiger partial charge on any atom is -0.355 e. The molecule has 0 atom stereocenters. The molecule has 0 bridgehead atoms. The van der Waals surface area contributed by atoms with Crippen molar-refractivity contribution in [2.75, 3.05) is 5.32 Å². The molecule has 0 heterocycles. The Hall–Kier alpha value is -3.06. The second-order valence-electron chi connectivity index (χ2n) is 6.19. The quantitative estimate of drug-likeness (QED) is 0.510. The molecule has 0 saturated carbocycles. The van der Waals surface area contributed by atoms with Gasteiger partial charge in [0.15, 0.2) is 0 Å². The molecule has 0 aliphatic rings. The highest BCUT2D eigenvalue weighted by molar-refractivity contribution is 5.65. The Morgan fingerprint density at radius 3 is 1.96 bits per heavy atom. The molecule has 0 aliphatic carbocycles. The molecule has 1 N–H and O–H groups in total. The highest BCUT2D eigenvalue weighted by atomic mass is 14.9. The number of hydrogen-bond acceptors (Lipinski definition) is 1. The van der Waals surface area contributed by atoms with Gasteiger partial charge in [-0.05, 0) is 48.7 Å². The Kier molecular flexibility index (Phi) is 5.48. The molecule has 0 radical (unpaired) electrons. The average Bonchev–Trinajstić information content (AvgIpc) is 2.63. The van der Waals surface area contributed by atoms with Gasteiger partial charge in [0.1, 0.15) is 0 Å². The molecule has 124 valence electrons. The van der Waals surface area contributed by atoms with Gasteiger partial charge in [-0.1, -0.05) is 84.5 Å². The fourth-order valence-electron chi connectivity index (χ4n) is 2.68. The van der Waals surface area contributed by atoms with Gasteiger partial charge in [-0.3, -0.25) is 0 Å². The third-order valence-corrected chi connectivity index (χ3v) is 4.06. The number of nitrogens with one attached hydrogen (secondary N) is 1. The minimum absolute atomic E-state index is 1.10. The van der Waals surface area contributed by atoms with E-state index >= 15 is 0 Å². The number of allylic oxidation sites excluding steroid dienone is 2. The van der Waals surface area contributed by atoms with E-state index in [1.54, 1.807) is 0 Å². The molecule has 0 spiro atoms. The maximum absolute atomic E-state index is 3.48. The molecular formula is C24H23N. The first-order valence-corrected chi connectivity index (χ1v) is 8.55. The standard InChI is InChI=1S/C24H23N/c1-19-12-17-24(20(2)18-19)25-23-15-13-22(14-16-23)11-7-6-10-21-8-4-3-5-9-21/h3-18,25H,1-2H3/b10-6+,11-7+. The summed E-state index contributed by atoms with van der Waals surface area (Å²) in [6.07, 6.45) is 8.35. The first-order chi connectivity index (χ1) is 12.2. The van der Waals surface area contributed by atoms with E-state index in [2.05, 4.69) is 98.1 Å². The van der Waals surface area contributed by atoms with Gasteiger partial charge >= 0.3 is 0 Å². The van der Waals surface area contributed by atoms with Crippen LogP contribution in [0.4, 0.5) is 11.4 Å². The van der Waals surface area contributed by atoms with Crippen LogP contribution in [0.25, 0.3) is 12.2 Å². The molecule has 0 saturated heterocycles. The Bertz CT molecular complexity index is 872. The number of rotatable bonds is 5. The van der Waals surface area contributed by atoms with Crippen LogP contribution in [0.3, 0.4) is 0 Å². The molecule has 1 heteroatoms. The first kappa shape index (κ1) is 16.8. The van der Waals surface area contributed by atoms with Crippen molar-refractivity contribution in [1.29, 1.82) is 0 Å². The van der Waals surface area contributed by atoms with Crippen LogP contribution in [0.5, 0.6) is 0 Å². The lowest BCUT2D eigenvalue weighted by atomic mass is 10.1. The molecule has 0 unspecified atom stereocenters. The van der Waals surface area contributed by atoms with E-state index in [0.717, 1.165) is 11.4 Å². The summed E-state index contributed by atoms with van der Waals surface area (Å²) in [4.78, 5) is 0. The zero-order chi connectivity index (χ0) is 17.5. The number of hydrogen-bond donors (Lipinski definition) is 1. The maximum Gasteiger partial charge on any atom is 0.0414 e. The van der Waals surface area contributed by atoms with E-state index in [1.165, 1.54) is 22.3 Å². The molecule has 3 aromatic carbocycles. The Morgan fingerprint density at radius 2 is 1.32 bits per heavy atom. The van der Waals surface area contributed by atoms with Crippen molar-refractivity contribution in [2.45, 2.75) is 13.8 Å². The minimum atomic E-state index is 1.10. The summed E-state index contributed by atoms with van der Waals surface area (Å²) in [5.41, 5.74) is 7.19. The number of anilines is 2. The predicted molar refractivity (Wildman–Crippen MR) is 110 cm³/mol. The van der Waals surface area contributed by atoms with E-state index in [1.807, 2.05) is 18.2 Å². The largest absolute Gasteiger partial charge is 0.355 e. The van der Waals surface area contributed by atoms with E-state index in [0.29, 0.717) is 0 Å². The van der Waals surface area contributed by atoms with Gasteiger partial charge in [0.05, 0.1) is 0 Å². The lowest BCUT2D eigenvalue weighted by molar-refractivity contribution is 1.37. The average molecular weight is 325 g/mol. The van der Waals surface area contributed by atoms with Crippen molar-refractivity contribution in [2.24, 2.45) is 0 Å². The van der Waals surface area contributed by atoms with Crippen molar-refractivity contribution in [3.05, 3.63) is 107 Å². The van der Waals surface area contributed by atoms with Gasteiger partial charge in [-0.2, -0.15) is 0 Å². The van der Waals surface area contributed by atoms with Crippen LogP contribution in [0, 0.1) is 13.8 Å². The number of aryl methyl sites for hydroxylation is 2. The van der Waals surface area contributed by atoms with E-state index in [4.69, 9.17) is 0 Å². The van der Waals surface area contributed by atoms with Gasteiger partial charge in [0.2, 0.25) is 0 Å². The topological polar surface area (TPSA) is 12.0 Å². The van der Waals surface area contributed by atoms with Crippen molar-refractivity contribution >= 4 is 23.5 Å². The molecule has 0 amide bonds. The fraction of sp³-hybridized carbons (Fsp3) is 0.0833. The molecular weight excluding hydrogens is 302 g/mol. The van der Waals surface area contributed by atoms with Crippen molar-refractivity contribution in [1.82, 2.24) is 0 Å². The van der Waals surface area contributed by atoms with Gasteiger partial charge in [-0.25, -0.2) is 0 Å². The van der Waals surface area contributed by atoms with Crippen LogP contribution in [-0.2, 0) is 0 Å². The Labute approximate surface area is 150 Å². The first-order valence-electron chi connectivity index (χ1n) is 8.55. The monoisotopic (exact) mass is 325 g/mol. The number of benzene rings is 3. The lowest BCUT2D eigenvalue weighted by Crippen LogP contribution is -1.93. The molecule has 25 heavy (non-hydrogen) atoms. The maximum atomic E-state index is 3.48. The molecule has 3 aromatic rings. The SMILES string of the molecule is Cc1ccc(Nc2ccc(/C=C/C=C/c3ccccc3)cc2)c(C)c1. The summed E-state index contributed by atoms with van der Waals surface area (Å²) >= 11 is 0. The van der Waals surface area contributed by atoms with Crippen LogP contribution in [-0.4, -0.2) is 0 Å². The van der Waals surface area contributed by atoms with E-state index in [-0.39, 0.29) is 0 Å². The van der Waals surface area contributed by atoms with Gasteiger partial charge in [0, 0.05) is 11.4 Å². The van der Waals surface area contributed by atoms with Crippen LogP contribution in [0.2, 0.25) is 0 Å². The zero-order valence-corrected chi connectivity index (χ0v) is 14.7. The summed E-state index contributed by atoms with van der Waals surface area (Å²) in [6.45, 7) is 4.25. The smallest absolute Gasteiger partial charge is 0.0414 e. The molecule has 0 fully saturated rings. The summed E-state index contributed by atoms with van der Waals surface area (Å²) in [5, 5.41) is 3.48. The zero-order valence-electron chi connectivity index (χ0n) is 14.7. The van der Waals surface area contributed by atoms with Crippen LogP contribution < -0.4 is 5.32 Å². The van der Waals surface area contributed by atoms with Gasteiger partial charge in [-0.15, -0.1) is 0 Å². The van der Waals surface area contributed by atoms with E-state index < -0.39 is 0 Å². The van der Waals surface area contributed by atoms with Gasteiger partial charge < -0.3 is 5.32 Å². The third-order valence-electron chi connectivity index (χ3n) is 4.06. The van der Waals surface area contributed by atoms with E-state index in [9.17, 15) is 0 Å². The lowest BCUT2D eigenvalue weighted by Gasteiger charge is -2.10. The second kappa shape index (κ2) is 8.16. The van der Waals surface area contributed by atoms with Crippen LogP contribution in [0.15, 0.2) is 84.9 Å². The summed E-state index contributed by atoms with van der Waals surface area (Å²) in [6, 6.07) is 25.2. The van der Waals surface area contributed by atoms with Gasteiger partial charge in [0.25, 0.3) is 0 Å². The third kappa shape index (κ3) is 4.95. The van der Waals surface area contributed by atoms with Crippen molar-refractivity contribution < 1.29 is 0 Å². The Balaban J connectivity index is 1.62. The molecule has 0 aliphatic heterocycles. The highest BCUT2D eigenvalue weighted by Gasteiger charge is 1.99. The summed E-state index contributed by atoms with van der Waals surface area (Å²) in [5.74, 6) is 0. The fourth-order valence-corrected chi connectivity index (χ4v) is 2.68.